The monoisotopic (exact) mass is 879 g/mol. The number of rotatable bonds is 7. The molecule has 0 atom stereocenters. The van der Waals surface area contributed by atoms with Gasteiger partial charge in [-0.05, 0) is 138 Å². The maximum atomic E-state index is 6.42. The summed E-state index contributed by atoms with van der Waals surface area (Å²) in [5.41, 5.74) is 16.1. The lowest BCUT2D eigenvalue weighted by Gasteiger charge is -2.28. The van der Waals surface area contributed by atoms with Crippen LogP contribution >= 0.6 is 0 Å². The van der Waals surface area contributed by atoms with E-state index >= 15 is 0 Å². The van der Waals surface area contributed by atoms with Gasteiger partial charge in [0.15, 0.2) is 0 Å². The molecule has 69 heavy (non-hydrogen) atoms. The average molecular weight is 880 g/mol. The Labute approximate surface area is 398 Å². The smallest absolute Gasteiger partial charge is 0.136 e. The number of nitrogens with zero attached hydrogens (tertiary/aromatic N) is 1. The van der Waals surface area contributed by atoms with Crippen LogP contribution in [0, 0.1) is 0 Å². The fraction of sp³-hybridized carbons (Fsp3) is 0. The topological polar surface area (TPSA) is 29.5 Å². The van der Waals surface area contributed by atoms with Gasteiger partial charge >= 0.3 is 0 Å². The van der Waals surface area contributed by atoms with Gasteiger partial charge in [0, 0.05) is 38.3 Å². The third-order valence-corrected chi connectivity index (χ3v) is 14.1. The first-order valence-electron chi connectivity index (χ1n) is 23.6. The zero-order chi connectivity index (χ0) is 45.4. The molecular formula is C66H41NO2. The summed E-state index contributed by atoms with van der Waals surface area (Å²) in [6.07, 6.45) is 0. The maximum absolute atomic E-state index is 6.42. The highest BCUT2D eigenvalue weighted by Gasteiger charge is 2.20. The molecule has 0 fully saturated rings. The number of para-hydroxylation sites is 2. The van der Waals surface area contributed by atoms with Crippen molar-refractivity contribution in [1.82, 2.24) is 0 Å². The van der Waals surface area contributed by atoms with Gasteiger partial charge in [-0.15, -0.1) is 0 Å². The van der Waals surface area contributed by atoms with E-state index < -0.39 is 0 Å². The molecule has 0 aliphatic carbocycles. The van der Waals surface area contributed by atoms with Crippen molar-refractivity contribution in [2.24, 2.45) is 0 Å². The van der Waals surface area contributed by atoms with Gasteiger partial charge in [0.25, 0.3) is 0 Å². The van der Waals surface area contributed by atoms with Crippen molar-refractivity contribution in [3.8, 4) is 44.5 Å². The van der Waals surface area contributed by atoms with Gasteiger partial charge in [-0.1, -0.05) is 182 Å². The summed E-state index contributed by atoms with van der Waals surface area (Å²) in [6.45, 7) is 0. The summed E-state index contributed by atoms with van der Waals surface area (Å²) < 4.78 is 12.6. The van der Waals surface area contributed by atoms with Crippen molar-refractivity contribution in [1.29, 1.82) is 0 Å². The Bertz CT molecular complexity index is 4290. The zero-order valence-corrected chi connectivity index (χ0v) is 37.4. The van der Waals surface area contributed by atoms with Gasteiger partial charge in [0.1, 0.15) is 22.3 Å². The summed E-state index contributed by atoms with van der Waals surface area (Å²) in [7, 11) is 0. The van der Waals surface area contributed by atoms with Crippen molar-refractivity contribution >= 4 is 93.3 Å². The molecule has 14 rings (SSSR count). The van der Waals surface area contributed by atoms with Gasteiger partial charge in [-0.25, -0.2) is 0 Å². The van der Waals surface area contributed by atoms with Crippen molar-refractivity contribution in [3.63, 3.8) is 0 Å². The molecule has 0 saturated carbocycles. The van der Waals surface area contributed by atoms with E-state index in [0.29, 0.717) is 0 Å². The molecule has 3 heteroatoms. The number of hydrogen-bond donors (Lipinski definition) is 0. The van der Waals surface area contributed by atoms with E-state index in [-0.39, 0.29) is 0 Å². The van der Waals surface area contributed by atoms with Crippen LogP contribution in [-0.2, 0) is 0 Å². The molecule has 0 bridgehead atoms. The minimum absolute atomic E-state index is 0.890. The third-order valence-electron chi connectivity index (χ3n) is 14.1. The predicted molar refractivity (Wildman–Crippen MR) is 290 cm³/mol. The molecule has 0 spiro atoms. The Morgan fingerprint density at radius 3 is 1.32 bits per heavy atom. The highest BCUT2D eigenvalue weighted by Crippen LogP contribution is 2.45. The fourth-order valence-corrected chi connectivity index (χ4v) is 10.7. The number of anilines is 3. The summed E-state index contributed by atoms with van der Waals surface area (Å²) in [4.78, 5) is 2.41. The number of furan rings is 2. The Kier molecular flexibility index (Phi) is 8.90. The van der Waals surface area contributed by atoms with Crippen LogP contribution in [0.4, 0.5) is 17.1 Å². The molecule has 12 aromatic carbocycles. The van der Waals surface area contributed by atoms with Crippen molar-refractivity contribution in [3.05, 3.63) is 249 Å². The van der Waals surface area contributed by atoms with Gasteiger partial charge in [-0.2, -0.15) is 0 Å². The molecule has 0 aliphatic rings. The van der Waals surface area contributed by atoms with E-state index in [1.54, 1.807) is 0 Å². The first kappa shape index (κ1) is 39.0. The quantitative estimate of drug-likeness (QED) is 0.149. The second-order valence-electron chi connectivity index (χ2n) is 18.0. The molecule has 0 saturated heterocycles. The SMILES string of the molecule is c1ccc2c(-c3ccc4c(c3)oc3ccccc34)c(-c3ccc(N(c4ccc(-c5ccc(-c6ccc7c(c6)oc6ccccc67)cc5)cc4)c4cc5ccccc5c5ccccc45)cc3)ccc2c1. The van der Waals surface area contributed by atoms with Crippen LogP contribution in [-0.4, -0.2) is 0 Å². The van der Waals surface area contributed by atoms with Gasteiger partial charge in [-0.3, -0.25) is 0 Å². The first-order valence-corrected chi connectivity index (χ1v) is 23.6. The largest absolute Gasteiger partial charge is 0.456 e. The molecule has 14 aromatic rings. The summed E-state index contributed by atoms with van der Waals surface area (Å²) >= 11 is 0. The van der Waals surface area contributed by atoms with Gasteiger partial charge in [0.2, 0.25) is 0 Å². The molecule has 2 heterocycles. The van der Waals surface area contributed by atoms with Crippen LogP contribution in [0.2, 0.25) is 0 Å². The van der Waals surface area contributed by atoms with E-state index in [2.05, 4.69) is 229 Å². The lowest BCUT2D eigenvalue weighted by molar-refractivity contribution is 0.668. The molecule has 0 amide bonds. The Balaban J connectivity index is 0.859. The second-order valence-corrected chi connectivity index (χ2v) is 18.0. The number of benzene rings is 12. The van der Waals surface area contributed by atoms with Crippen molar-refractivity contribution < 1.29 is 8.83 Å². The highest BCUT2D eigenvalue weighted by molar-refractivity contribution is 6.15. The minimum atomic E-state index is 0.890. The summed E-state index contributed by atoms with van der Waals surface area (Å²) in [6, 6.07) is 89.7. The molecule has 0 radical (unpaired) electrons. The Morgan fingerprint density at radius 2 is 0.681 bits per heavy atom. The normalized spacial score (nSPS) is 11.8. The van der Waals surface area contributed by atoms with Crippen LogP contribution in [0.3, 0.4) is 0 Å². The molecule has 0 N–H and O–H groups in total. The third kappa shape index (κ3) is 6.51. The standard InChI is InChI=1S/C66H41NO2/c1-4-14-53-45(11-1)29-36-54(66(53)49-31-38-60-58-18-8-10-20-63(58)69-65(60)41-49)46-27-34-51(35-28-46)67(61-39-48-12-2-3-13-52(48)55-15-5-6-16-56(55)61)50-32-25-43(26-33-50)42-21-23-44(24-22-42)47-30-37-59-57-17-7-9-19-62(57)68-64(59)40-47/h1-41H. The average Bonchev–Trinajstić information content (AvgIpc) is 3.99. The Morgan fingerprint density at radius 1 is 0.246 bits per heavy atom. The predicted octanol–water partition coefficient (Wildman–Crippen LogP) is 19.1. The van der Waals surface area contributed by atoms with E-state index in [1.165, 1.54) is 43.4 Å². The van der Waals surface area contributed by atoms with E-state index in [0.717, 1.165) is 94.3 Å². The van der Waals surface area contributed by atoms with E-state index in [4.69, 9.17) is 8.83 Å². The van der Waals surface area contributed by atoms with Crippen LogP contribution < -0.4 is 4.90 Å². The molecule has 322 valence electrons. The van der Waals surface area contributed by atoms with Crippen LogP contribution in [0.1, 0.15) is 0 Å². The number of hydrogen-bond acceptors (Lipinski definition) is 3. The second kappa shape index (κ2) is 15.7. The first-order chi connectivity index (χ1) is 34.2. The van der Waals surface area contributed by atoms with Crippen molar-refractivity contribution in [2.45, 2.75) is 0 Å². The van der Waals surface area contributed by atoms with Crippen LogP contribution in [0.5, 0.6) is 0 Å². The fourth-order valence-electron chi connectivity index (χ4n) is 10.7. The summed E-state index contributed by atoms with van der Waals surface area (Å²) in [5, 5.41) is 11.8. The van der Waals surface area contributed by atoms with Crippen LogP contribution in [0.25, 0.3) is 121 Å². The van der Waals surface area contributed by atoms with E-state index in [9.17, 15) is 0 Å². The number of fused-ring (bicyclic) bond motifs is 10. The van der Waals surface area contributed by atoms with Gasteiger partial charge in [0.05, 0.1) is 5.69 Å². The molecular weight excluding hydrogens is 839 g/mol. The zero-order valence-electron chi connectivity index (χ0n) is 37.4. The molecule has 0 unspecified atom stereocenters. The lowest BCUT2D eigenvalue weighted by atomic mass is 9.89. The molecule has 0 aliphatic heterocycles. The Hall–Kier alpha value is -9.18. The summed E-state index contributed by atoms with van der Waals surface area (Å²) in [5.74, 6) is 0. The lowest BCUT2D eigenvalue weighted by Crippen LogP contribution is -2.10. The maximum Gasteiger partial charge on any atom is 0.136 e. The van der Waals surface area contributed by atoms with E-state index in [1.807, 2.05) is 24.3 Å². The molecule has 3 nitrogen and oxygen atoms in total. The minimum Gasteiger partial charge on any atom is -0.456 e. The van der Waals surface area contributed by atoms with Crippen LogP contribution in [0.15, 0.2) is 258 Å². The van der Waals surface area contributed by atoms with Crippen molar-refractivity contribution in [2.75, 3.05) is 4.90 Å². The highest BCUT2D eigenvalue weighted by atomic mass is 16.3. The molecule has 2 aromatic heterocycles. The van der Waals surface area contributed by atoms with Gasteiger partial charge < -0.3 is 13.7 Å².